The molecule has 0 saturated carbocycles. The maximum absolute atomic E-state index is 13.2. The molecule has 2 heterocycles. The van der Waals surface area contributed by atoms with Crippen LogP contribution in [0.1, 0.15) is 19.4 Å². The molecule has 12 heteroatoms. The van der Waals surface area contributed by atoms with Crippen LogP contribution < -0.4 is 29.2 Å². The van der Waals surface area contributed by atoms with Crippen LogP contribution in [0, 0.1) is 0 Å². The Balaban J connectivity index is 1.65. The van der Waals surface area contributed by atoms with E-state index >= 15 is 0 Å². The molecular weight excluding hydrogens is 496 g/mol. The van der Waals surface area contributed by atoms with Gasteiger partial charge in [-0.2, -0.15) is 0 Å². The zero-order valence-corrected chi connectivity index (χ0v) is 20.0. The molecule has 2 aliphatic heterocycles. The Labute approximate surface area is 210 Å². The van der Waals surface area contributed by atoms with E-state index in [4.69, 9.17) is 35.3 Å². The van der Waals surface area contributed by atoms with E-state index in [-0.39, 0.29) is 54.4 Å². The lowest BCUT2D eigenvalue weighted by Crippen LogP contribution is -2.54. The predicted molar refractivity (Wildman–Crippen MR) is 126 cm³/mol. The van der Waals surface area contributed by atoms with Crippen molar-refractivity contribution in [3.05, 3.63) is 46.5 Å². The smallest absolute Gasteiger partial charge is 0.344 e. The summed E-state index contributed by atoms with van der Waals surface area (Å²) < 4.78 is 26.5. The van der Waals surface area contributed by atoms with Gasteiger partial charge in [0.25, 0.3) is 11.8 Å². The summed E-state index contributed by atoms with van der Waals surface area (Å²) in [6.07, 6.45) is 1.27. The lowest BCUT2D eigenvalue weighted by molar-refractivity contribution is -0.145. The third kappa shape index (κ3) is 5.05. The minimum atomic E-state index is -0.906. The fourth-order valence-electron chi connectivity index (χ4n) is 3.49. The molecule has 188 valence electrons. The molecular formula is C24H21ClN2O9. The maximum atomic E-state index is 13.2. The Morgan fingerprint density at radius 3 is 2.61 bits per heavy atom. The number of imide groups is 2. The van der Waals surface area contributed by atoms with Gasteiger partial charge in [0.2, 0.25) is 6.79 Å². The number of nitrogens with zero attached hydrogens (tertiary/aromatic N) is 1. The lowest BCUT2D eigenvalue weighted by atomic mass is 10.1. The number of hydrogen-bond donors (Lipinski definition) is 1. The monoisotopic (exact) mass is 516 g/mol. The number of rotatable bonds is 8. The third-order valence-electron chi connectivity index (χ3n) is 5.00. The molecule has 1 saturated heterocycles. The maximum Gasteiger partial charge on any atom is 0.344 e. The number of barbiturate groups is 1. The average molecular weight is 517 g/mol. The van der Waals surface area contributed by atoms with Crippen LogP contribution in [0.3, 0.4) is 0 Å². The van der Waals surface area contributed by atoms with Crippen LogP contribution in [0.5, 0.6) is 23.0 Å². The first-order valence-electron chi connectivity index (χ1n) is 10.9. The Kier molecular flexibility index (Phi) is 7.30. The van der Waals surface area contributed by atoms with Crippen molar-refractivity contribution < 1.29 is 42.9 Å². The number of halogens is 1. The Morgan fingerprint density at radius 1 is 1.08 bits per heavy atom. The van der Waals surface area contributed by atoms with Crippen LogP contribution in [0.25, 0.3) is 6.08 Å². The van der Waals surface area contributed by atoms with Gasteiger partial charge in [-0.3, -0.25) is 14.9 Å². The molecule has 0 aliphatic carbocycles. The summed E-state index contributed by atoms with van der Waals surface area (Å²) in [7, 11) is 0. The minimum Gasteiger partial charge on any atom is -0.490 e. The fraction of sp³-hybridized carbons (Fsp3) is 0.250. The van der Waals surface area contributed by atoms with Crippen LogP contribution in [0.2, 0.25) is 5.02 Å². The van der Waals surface area contributed by atoms with E-state index in [9.17, 15) is 19.2 Å². The summed E-state index contributed by atoms with van der Waals surface area (Å²) in [5.41, 5.74) is 0.201. The first kappa shape index (κ1) is 24.9. The van der Waals surface area contributed by atoms with Gasteiger partial charge >= 0.3 is 12.0 Å². The SMILES string of the molecule is CCOC(=O)COc1c(Cl)cc(C=C2C(=O)NC(=O)N(c3ccc4c(c3)OCO4)C2=O)cc1OCC. The van der Waals surface area contributed by atoms with E-state index < -0.39 is 23.8 Å². The van der Waals surface area contributed by atoms with E-state index in [1.54, 1.807) is 19.9 Å². The molecule has 0 unspecified atom stereocenters. The minimum absolute atomic E-state index is 0.0188. The van der Waals surface area contributed by atoms with Crippen LogP contribution in [0.4, 0.5) is 10.5 Å². The Hall–Kier alpha value is -4.25. The van der Waals surface area contributed by atoms with Gasteiger partial charge in [0.05, 0.1) is 23.9 Å². The van der Waals surface area contributed by atoms with Gasteiger partial charge in [-0.05, 0) is 49.8 Å². The second kappa shape index (κ2) is 10.6. The van der Waals surface area contributed by atoms with Gasteiger partial charge in [0, 0.05) is 6.07 Å². The molecule has 0 bridgehead atoms. The molecule has 2 aromatic rings. The summed E-state index contributed by atoms with van der Waals surface area (Å²) >= 11 is 6.36. The summed E-state index contributed by atoms with van der Waals surface area (Å²) in [5.74, 6) is -1.18. The molecule has 36 heavy (non-hydrogen) atoms. The van der Waals surface area contributed by atoms with Gasteiger partial charge in [0.15, 0.2) is 29.6 Å². The molecule has 0 atom stereocenters. The summed E-state index contributed by atoms with van der Waals surface area (Å²) in [4.78, 5) is 50.8. The normalized spacial score (nSPS) is 15.7. The number of carbonyl (C=O) groups is 4. The van der Waals surface area contributed by atoms with Crippen LogP contribution in [-0.2, 0) is 19.1 Å². The van der Waals surface area contributed by atoms with Crippen molar-refractivity contribution in [1.82, 2.24) is 5.32 Å². The number of benzene rings is 2. The first-order chi connectivity index (χ1) is 17.3. The highest BCUT2D eigenvalue weighted by atomic mass is 35.5. The largest absolute Gasteiger partial charge is 0.490 e. The number of anilines is 1. The number of amides is 4. The van der Waals surface area contributed by atoms with Gasteiger partial charge in [-0.15, -0.1) is 0 Å². The van der Waals surface area contributed by atoms with Gasteiger partial charge < -0.3 is 23.7 Å². The van der Waals surface area contributed by atoms with E-state index in [1.807, 2.05) is 0 Å². The number of urea groups is 1. The van der Waals surface area contributed by atoms with Crippen molar-refractivity contribution in [1.29, 1.82) is 0 Å². The molecule has 0 aromatic heterocycles. The van der Waals surface area contributed by atoms with Gasteiger partial charge in [0.1, 0.15) is 5.57 Å². The molecule has 1 N–H and O–H groups in total. The Morgan fingerprint density at radius 2 is 1.86 bits per heavy atom. The van der Waals surface area contributed by atoms with E-state index in [1.165, 1.54) is 30.3 Å². The zero-order chi connectivity index (χ0) is 25.8. The lowest BCUT2D eigenvalue weighted by Gasteiger charge is -2.26. The van der Waals surface area contributed by atoms with Gasteiger partial charge in [-0.25, -0.2) is 14.5 Å². The first-order valence-corrected chi connectivity index (χ1v) is 11.3. The second-order valence-electron chi connectivity index (χ2n) is 7.35. The van der Waals surface area contributed by atoms with Crippen LogP contribution >= 0.6 is 11.6 Å². The van der Waals surface area contributed by atoms with Crippen molar-refractivity contribution in [2.75, 3.05) is 31.5 Å². The number of fused-ring (bicyclic) bond motifs is 1. The quantitative estimate of drug-likeness (QED) is 0.319. The van der Waals surface area contributed by atoms with Gasteiger partial charge in [-0.1, -0.05) is 11.6 Å². The predicted octanol–water partition coefficient (Wildman–Crippen LogP) is 3.08. The van der Waals surface area contributed by atoms with Crippen molar-refractivity contribution >= 4 is 47.2 Å². The number of ether oxygens (including phenoxy) is 5. The highest BCUT2D eigenvalue weighted by molar-refractivity contribution is 6.39. The fourth-order valence-corrected chi connectivity index (χ4v) is 3.76. The summed E-state index contributed by atoms with van der Waals surface area (Å²) in [5, 5.41) is 2.23. The summed E-state index contributed by atoms with van der Waals surface area (Å²) in [6, 6.07) is 6.54. The van der Waals surface area contributed by atoms with Crippen molar-refractivity contribution in [2.24, 2.45) is 0 Å². The molecule has 1 fully saturated rings. The van der Waals surface area contributed by atoms with Crippen molar-refractivity contribution in [3.8, 4) is 23.0 Å². The number of nitrogens with one attached hydrogen (secondary N) is 1. The van der Waals surface area contributed by atoms with E-state index in [2.05, 4.69) is 5.32 Å². The average Bonchev–Trinajstić information content (AvgIpc) is 3.29. The zero-order valence-electron chi connectivity index (χ0n) is 19.3. The molecule has 2 aliphatic rings. The van der Waals surface area contributed by atoms with Crippen LogP contribution in [-0.4, -0.2) is 50.4 Å². The molecule has 4 rings (SSSR count). The molecule has 0 spiro atoms. The second-order valence-corrected chi connectivity index (χ2v) is 7.76. The third-order valence-corrected chi connectivity index (χ3v) is 5.28. The Bertz CT molecular complexity index is 1270. The van der Waals surface area contributed by atoms with Crippen molar-refractivity contribution in [3.63, 3.8) is 0 Å². The van der Waals surface area contributed by atoms with E-state index in [0.717, 1.165) is 4.90 Å². The molecule has 11 nitrogen and oxygen atoms in total. The summed E-state index contributed by atoms with van der Waals surface area (Å²) in [6.45, 7) is 3.48. The molecule has 2 aromatic carbocycles. The number of carbonyl (C=O) groups excluding carboxylic acids is 4. The number of hydrogen-bond acceptors (Lipinski definition) is 9. The van der Waals surface area contributed by atoms with Crippen LogP contribution in [0.15, 0.2) is 35.9 Å². The highest BCUT2D eigenvalue weighted by Gasteiger charge is 2.37. The number of esters is 1. The van der Waals surface area contributed by atoms with Crippen molar-refractivity contribution in [2.45, 2.75) is 13.8 Å². The molecule has 0 radical (unpaired) electrons. The highest BCUT2D eigenvalue weighted by Crippen LogP contribution is 2.38. The topological polar surface area (TPSA) is 130 Å². The molecule has 4 amide bonds. The standard InChI is InChI=1S/C24H21ClN2O9/c1-3-32-19-9-13(8-16(25)21(19)34-11-20(28)33-4-2)7-15-22(29)26-24(31)27(23(15)30)14-5-6-17-18(10-14)36-12-35-17/h5-10H,3-4,11-12H2,1-2H3,(H,26,29,31). The van der Waals surface area contributed by atoms with E-state index in [0.29, 0.717) is 17.1 Å².